The Balaban J connectivity index is 2.48. The zero-order valence-corrected chi connectivity index (χ0v) is 9.92. The SMILES string of the molecule is CNC(=O)NC(=O)[C@H](C)Sc1nnc(C)o1. The van der Waals surface area contributed by atoms with Gasteiger partial charge in [-0.05, 0) is 6.92 Å². The summed E-state index contributed by atoms with van der Waals surface area (Å²) in [5, 5.41) is 11.6. The average molecular weight is 244 g/mol. The number of carbonyl (C=O) groups excluding carboxylic acids is 2. The van der Waals surface area contributed by atoms with Crippen LogP contribution in [0.4, 0.5) is 4.79 Å². The highest BCUT2D eigenvalue weighted by Gasteiger charge is 2.19. The molecule has 0 aromatic carbocycles. The van der Waals surface area contributed by atoms with Crippen molar-refractivity contribution < 1.29 is 14.0 Å². The molecule has 0 unspecified atom stereocenters. The first kappa shape index (κ1) is 12.5. The number of rotatable bonds is 3. The Morgan fingerprint density at radius 2 is 2.12 bits per heavy atom. The van der Waals surface area contributed by atoms with Crippen LogP contribution in [-0.2, 0) is 4.79 Å². The lowest BCUT2D eigenvalue weighted by molar-refractivity contribution is -0.119. The molecule has 7 nitrogen and oxygen atoms in total. The number of nitrogens with zero attached hydrogens (tertiary/aromatic N) is 2. The van der Waals surface area contributed by atoms with Gasteiger partial charge in [-0.15, -0.1) is 10.2 Å². The maximum absolute atomic E-state index is 11.4. The van der Waals surface area contributed by atoms with E-state index in [4.69, 9.17) is 4.42 Å². The van der Waals surface area contributed by atoms with Gasteiger partial charge in [0.25, 0.3) is 5.22 Å². The van der Waals surface area contributed by atoms with Gasteiger partial charge in [-0.2, -0.15) is 0 Å². The second-order valence-electron chi connectivity index (χ2n) is 2.92. The van der Waals surface area contributed by atoms with E-state index in [1.807, 2.05) is 0 Å². The van der Waals surface area contributed by atoms with Gasteiger partial charge >= 0.3 is 6.03 Å². The molecule has 0 radical (unpaired) electrons. The van der Waals surface area contributed by atoms with Crippen LogP contribution in [0.1, 0.15) is 12.8 Å². The Morgan fingerprint density at radius 3 is 2.62 bits per heavy atom. The molecule has 0 aliphatic heterocycles. The third-order valence-electron chi connectivity index (χ3n) is 1.62. The summed E-state index contributed by atoms with van der Waals surface area (Å²) in [5.74, 6) is 0.0154. The first-order chi connectivity index (χ1) is 7.52. The van der Waals surface area contributed by atoms with Gasteiger partial charge in [0.05, 0.1) is 5.25 Å². The van der Waals surface area contributed by atoms with Crippen LogP contribution in [0.15, 0.2) is 9.64 Å². The number of nitrogens with one attached hydrogen (secondary N) is 2. The van der Waals surface area contributed by atoms with Gasteiger partial charge in [0.15, 0.2) is 0 Å². The van der Waals surface area contributed by atoms with E-state index in [1.165, 1.54) is 7.05 Å². The fourth-order valence-electron chi connectivity index (χ4n) is 0.807. The van der Waals surface area contributed by atoms with Crippen molar-refractivity contribution in [1.29, 1.82) is 0 Å². The van der Waals surface area contributed by atoms with Crippen LogP contribution in [0.5, 0.6) is 0 Å². The molecule has 0 aliphatic carbocycles. The van der Waals surface area contributed by atoms with E-state index in [2.05, 4.69) is 20.8 Å². The number of aromatic nitrogens is 2. The van der Waals surface area contributed by atoms with E-state index in [0.29, 0.717) is 11.1 Å². The Labute approximate surface area is 96.4 Å². The quantitative estimate of drug-likeness (QED) is 0.743. The molecule has 1 aromatic rings. The van der Waals surface area contributed by atoms with Crippen LogP contribution in [-0.4, -0.2) is 34.4 Å². The molecular weight excluding hydrogens is 232 g/mol. The number of hydrogen-bond donors (Lipinski definition) is 2. The molecular formula is C8H12N4O3S. The Kier molecular flexibility index (Phi) is 4.29. The first-order valence-corrected chi connectivity index (χ1v) is 5.40. The molecule has 0 spiro atoms. The summed E-state index contributed by atoms with van der Waals surface area (Å²) in [6.07, 6.45) is 0. The van der Waals surface area contributed by atoms with E-state index in [-0.39, 0.29) is 0 Å². The largest absolute Gasteiger partial charge is 0.416 e. The van der Waals surface area contributed by atoms with Crippen molar-refractivity contribution in [2.24, 2.45) is 0 Å². The molecule has 2 N–H and O–H groups in total. The minimum Gasteiger partial charge on any atom is -0.416 e. The fraction of sp³-hybridized carbons (Fsp3) is 0.500. The maximum atomic E-state index is 11.4. The molecule has 1 atom stereocenters. The predicted octanol–water partition coefficient (Wildman–Crippen LogP) is 0.314. The lowest BCUT2D eigenvalue weighted by Gasteiger charge is -2.07. The monoisotopic (exact) mass is 244 g/mol. The van der Waals surface area contributed by atoms with Gasteiger partial charge in [0, 0.05) is 14.0 Å². The lowest BCUT2D eigenvalue weighted by atomic mass is 10.4. The minimum absolute atomic E-state index is 0.303. The second kappa shape index (κ2) is 5.50. The zero-order chi connectivity index (χ0) is 12.1. The van der Waals surface area contributed by atoms with Crippen molar-refractivity contribution in [1.82, 2.24) is 20.8 Å². The summed E-state index contributed by atoms with van der Waals surface area (Å²) in [6.45, 7) is 3.30. The summed E-state index contributed by atoms with van der Waals surface area (Å²) in [4.78, 5) is 22.3. The molecule has 1 heterocycles. The molecule has 8 heteroatoms. The summed E-state index contributed by atoms with van der Waals surface area (Å²) in [6, 6.07) is -0.542. The van der Waals surface area contributed by atoms with Crippen molar-refractivity contribution in [3.63, 3.8) is 0 Å². The second-order valence-corrected chi connectivity index (χ2v) is 4.21. The highest BCUT2D eigenvalue weighted by molar-refractivity contribution is 8.00. The van der Waals surface area contributed by atoms with E-state index in [9.17, 15) is 9.59 Å². The van der Waals surface area contributed by atoms with Crippen molar-refractivity contribution >= 4 is 23.7 Å². The van der Waals surface area contributed by atoms with Crippen molar-refractivity contribution in [3.8, 4) is 0 Å². The third kappa shape index (κ3) is 3.54. The highest BCUT2D eigenvalue weighted by atomic mass is 32.2. The molecule has 16 heavy (non-hydrogen) atoms. The number of carbonyl (C=O) groups is 2. The number of aryl methyl sites for hydroxylation is 1. The molecule has 0 saturated carbocycles. The number of hydrogen-bond acceptors (Lipinski definition) is 6. The predicted molar refractivity (Wildman–Crippen MR) is 57.0 cm³/mol. The van der Waals surface area contributed by atoms with Gasteiger partial charge in [-0.3, -0.25) is 10.1 Å². The molecule has 1 rings (SSSR count). The van der Waals surface area contributed by atoms with Gasteiger partial charge < -0.3 is 9.73 Å². The number of imide groups is 1. The Morgan fingerprint density at radius 1 is 1.44 bits per heavy atom. The normalized spacial score (nSPS) is 11.9. The highest BCUT2D eigenvalue weighted by Crippen LogP contribution is 2.21. The smallest absolute Gasteiger partial charge is 0.321 e. The fourth-order valence-corrected chi connectivity index (χ4v) is 1.53. The lowest BCUT2D eigenvalue weighted by Crippen LogP contribution is -2.41. The van der Waals surface area contributed by atoms with Gasteiger partial charge in [0.1, 0.15) is 0 Å². The number of thioether (sulfide) groups is 1. The van der Waals surface area contributed by atoms with E-state index >= 15 is 0 Å². The first-order valence-electron chi connectivity index (χ1n) is 4.52. The van der Waals surface area contributed by atoms with Crippen molar-refractivity contribution in [2.45, 2.75) is 24.3 Å². The summed E-state index contributed by atoms with van der Waals surface area (Å²) in [5.41, 5.74) is 0. The van der Waals surface area contributed by atoms with Crippen LogP contribution in [0, 0.1) is 6.92 Å². The topological polar surface area (TPSA) is 97.1 Å². The molecule has 3 amide bonds. The number of amides is 3. The Bertz CT molecular complexity index is 392. The summed E-state index contributed by atoms with van der Waals surface area (Å²) in [7, 11) is 1.43. The van der Waals surface area contributed by atoms with Crippen LogP contribution in [0.3, 0.4) is 0 Å². The summed E-state index contributed by atoms with van der Waals surface area (Å²) >= 11 is 1.09. The van der Waals surface area contributed by atoms with Gasteiger partial charge in [-0.1, -0.05) is 11.8 Å². The van der Waals surface area contributed by atoms with Crippen LogP contribution in [0.2, 0.25) is 0 Å². The Hall–Kier alpha value is -1.57. The van der Waals surface area contributed by atoms with Gasteiger partial charge in [-0.25, -0.2) is 4.79 Å². The molecule has 0 fully saturated rings. The minimum atomic E-state index is -0.542. The zero-order valence-electron chi connectivity index (χ0n) is 9.10. The molecule has 0 saturated heterocycles. The standard InChI is InChI=1S/C8H12N4O3S/c1-4(6(13)10-7(14)9-3)16-8-12-11-5(2)15-8/h4H,1-3H3,(H2,9,10,13,14)/t4-/m0/s1. The van der Waals surface area contributed by atoms with Gasteiger partial charge in [0.2, 0.25) is 11.8 Å². The molecule has 0 bridgehead atoms. The average Bonchev–Trinajstić information content (AvgIpc) is 2.63. The molecule has 0 aliphatic rings. The molecule has 1 aromatic heterocycles. The number of urea groups is 1. The van der Waals surface area contributed by atoms with Crippen LogP contribution < -0.4 is 10.6 Å². The van der Waals surface area contributed by atoms with E-state index in [1.54, 1.807) is 13.8 Å². The van der Waals surface area contributed by atoms with Crippen molar-refractivity contribution in [2.75, 3.05) is 7.05 Å². The maximum Gasteiger partial charge on any atom is 0.321 e. The van der Waals surface area contributed by atoms with E-state index < -0.39 is 17.2 Å². The van der Waals surface area contributed by atoms with E-state index in [0.717, 1.165) is 11.8 Å². The summed E-state index contributed by atoms with van der Waals surface area (Å²) < 4.78 is 5.10. The third-order valence-corrected chi connectivity index (χ3v) is 2.55. The van der Waals surface area contributed by atoms with Crippen molar-refractivity contribution in [3.05, 3.63) is 5.89 Å². The van der Waals surface area contributed by atoms with Crippen LogP contribution >= 0.6 is 11.8 Å². The van der Waals surface area contributed by atoms with Crippen LogP contribution in [0.25, 0.3) is 0 Å². The molecule has 88 valence electrons.